The molecule has 1 aliphatic heterocycles. The number of aliphatic hydroxyl groups excluding tert-OH is 1. The number of hydrogen-bond acceptors (Lipinski definition) is 6. The van der Waals surface area contributed by atoms with E-state index in [9.17, 15) is 0 Å². The Balaban J connectivity index is 1.36. The van der Waals surface area contributed by atoms with Crippen LogP contribution in [0.25, 0.3) is 22.2 Å². The average molecular weight is 501 g/mol. The second kappa shape index (κ2) is 9.92. The third-order valence-electron chi connectivity index (χ3n) is 6.37. The van der Waals surface area contributed by atoms with Crippen molar-refractivity contribution >= 4 is 34.1 Å². The maximum Gasteiger partial charge on any atom is 0.124 e. The molecule has 3 aromatic heterocycles. The zero-order valence-electron chi connectivity index (χ0n) is 18.8. The molecule has 4 heterocycles. The smallest absolute Gasteiger partial charge is 0.124 e. The normalized spacial score (nSPS) is 16.2. The highest BCUT2D eigenvalue weighted by Crippen LogP contribution is 2.35. The number of halogens is 2. The van der Waals surface area contributed by atoms with Gasteiger partial charge in [-0.15, -0.1) is 0 Å². The molecule has 1 aliphatic rings. The van der Waals surface area contributed by atoms with E-state index >= 15 is 0 Å². The van der Waals surface area contributed by atoms with Crippen LogP contribution in [-0.2, 0) is 0 Å². The number of β-amino-alcohol motifs (C(OH)–C–C–N with tert-alkyl or cyclic N) is 1. The van der Waals surface area contributed by atoms with E-state index < -0.39 is 0 Å². The fourth-order valence-corrected chi connectivity index (χ4v) is 5.24. The van der Waals surface area contributed by atoms with E-state index in [0.29, 0.717) is 27.4 Å². The molecule has 0 radical (unpaired) electrons. The standard InChI is InChI=1S/C24H26Cl2N6O2/c1-15(23-20(25)12-27-13-21(23)26)34-18-2-3-22-19(10-18)24(30-29-22)16-11-28-32(14-16)17-4-6-31(7-5-17)8-9-33/h2-3,10-15,17,33H,4-9H2,1H3,(H,29,30)/t15-/m1/s1. The van der Waals surface area contributed by atoms with Gasteiger partial charge in [-0.25, -0.2) is 0 Å². The van der Waals surface area contributed by atoms with Crippen molar-refractivity contribution in [1.82, 2.24) is 29.9 Å². The third kappa shape index (κ3) is 4.63. The molecule has 34 heavy (non-hydrogen) atoms. The molecule has 1 saturated heterocycles. The van der Waals surface area contributed by atoms with Gasteiger partial charge in [0, 0.05) is 54.7 Å². The number of aromatic nitrogens is 5. The molecule has 0 aliphatic carbocycles. The van der Waals surface area contributed by atoms with Gasteiger partial charge in [-0.1, -0.05) is 23.2 Å². The van der Waals surface area contributed by atoms with Crippen LogP contribution in [0.1, 0.15) is 37.5 Å². The maximum absolute atomic E-state index is 9.15. The molecule has 1 atom stereocenters. The van der Waals surface area contributed by atoms with E-state index in [0.717, 1.165) is 54.6 Å². The summed E-state index contributed by atoms with van der Waals surface area (Å²) in [4.78, 5) is 6.30. The summed E-state index contributed by atoms with van der Waals surface area (Å²) in [7, 11) is 0. The van der Waals surface area contributed by atoms with Crippen molar-refractivity contribution in [2.24, 2.45) is 0 Å². The summed E-state index contributed by atoms with van der Waals surface area (Å²) in [5.41, 5.74) is 3.41. The van der Waals surface area contributed by atoms with E-state index in [2.05, 4.69) is 31.4 Å². The van der Waals surface area contributed by atoms with Crippen LogP contribution in [0.3, 0.4) is 0 Å². The molecule has 0 spiro atoms. The number of likely N-dealkylation sites (tertiary alicyclic amines) is 1. The molecule has 5 rings (SSSR count). The Kier molecular flexibility index (Phi) is 6.74. The predicted molar refractivity (Wildman–Crippen MR) is 132 cm³/mol. The Morgan fingerprint density at radius 2 is 1.94 bits per heavy atom. The largest absolute Gasteiger partial charge is 0.486 e. The Labute approximate surface area is 207 Å². The van der Waals surface area contributed by atoms with Gasteiger partial charge in [-0.05, 0) is 38.0 Å². The summed E-state index contributed by atoms with van der Waals surface area (Å²) >= 11 is 12.6. The van der Waals surface area contributed by atoms with Crippen molar-refractivity contribution in [3.63, 3.8) is 0 Å². The number of nitrogens with zero attached hydrogens (tertiary/aromatic N) is 5. The third-order valence-corrected chi connectivity index (χ3v) is 6.97. The number of fused-ring (bicyclic) bond motifs is 1. The molecule has 0 unspecified atom stereocenters. The van der Waals surface area contributed by atoms with Crippen LogP contribution in [0.15, 0.2) is 43.0 Å². The summed E-state index contributed by atoms with van der Waals surface area (Å²) in [6.07, 6.45) is 8.73. The molecule has 178 valence electrons. The van der Waals surface area contributed by atoms with Crippen molar-refractivity contribution in [2.45, 2.75) is 31.9 Å². The van der Waals surface area contributed by atoms with Crippen LogP contribution < -0.4 is 4.74 Å². The lowest BCUT2D eigenvalue weighted by Crippen LogP contribution is -2.36. The molecule has 0 bridgehead atoms. The Morgan fingerprint density at radius 3 is 2.68 bits per heavy atom. The van der Waals surface area contributed by atoms with Gasteiger partial charge in [-0.3, -0.25) is 14.8 Å². The number of piperidine rings is 1. The first-order valence-corrected chi connectivity index (χ1v) is 12.1. The van der Waals surface area contributed by atoms with Crippen LogP contribution in [0, 0.1) is 0 Å². The highest BCUT2D eigenvalue weighted by atomic mass is 35.5. The Bertz CT molecular complexity index is 1260. The molecule has 0 amide bonds. The van der Waals surface area contributed by atoms with Crippen molar-refractivity contribution in [1.29, 1.82) is 0 Å². The van der Waals surface area contributed by atoms with E-state index in [4.69, 9.17) is 33.0 Å². The first-order chi connectivity index (χ1) is 16.5. The van der Waals surface area contributed by atoms with E-state index in [1.54, 1.807) is 12.4 Å². The van der Waals surface area contributed by atoms with Crippen LogP contribution in [-0.4, -0.2) is 61.2 Å². The fourth-order valence-electron chi connectivity index (χ4n) is 4.57. The number of benzene rings is 1. The highest BCUT2D eigenvalue weighted by Gasteiger charge is 2.22. The number of hydrogen-bond donors (Lipinski definition) is 2. The van der Waals surface area contributed by atoms with Gasteiger partial charge in [0.25, 0.3) is 0 Å². The van der Waals surface area contributed by atoms with Crippen molar-refractivity contribution in [3.05, 3.63) is 58.6 Å². The van der Waals surface area contributed by atoms with Crippen LogP contribution in [0.5, 0.6) is 5.75 Å². The number of pyridine rings is 1. The molecular formula is C24H26Cl2N6O2. The van der Waals surface area contributed by atoms with Gasteiger partial charge in [0.15, 0.2) is 0 Å². The lowest BCUT2D eigenvalue weighted by atomic mass is 10.1. The molecular weight excluding hydrogens is 475 g/mol. The molecule has 8 nitrogen and oxygen atoms in total. The first kappa shape index (κ1) is 23.1. The van der Waals surface area contributed by atoms with Gasteiger partial charge in [0.05, 0.1) is 34.4 Å². The van der Waals surface area contributed by atoms with Crippen molar-refractivity contribution in [2.75, 3.05) is 26.2 Å². The Morgan fingerprint density at radius 1 is 1.18 bits per heavy atom. The monoisotopic (exact) mass is 500 g/mol. The number of H-pyrrole nitrogens is 1. The summed E-state index contributed by atoms with van der Waals surface area (Å²) in [6, 6.07) is 6.17. The number of ether oxygens (including phenoxy) is 1. The molecule has 2 N–H and O–H groups in total. The summed E-state index contributed by atoms with van der Waals surface area (Å²) < 4.78 is 8.22. The fraction of sp³-hybridized carbons (Fsp3) is 0.375. The van der Waals surface area contributed by atoms with Gasteiger partial charge >= 0.3 is 0 Å². The van der Waals surface area contributed by atoms with E-state index in [1.807, 2.05) is 36.0 Å². The average Bonchev–Trinajstić information content (AvgIpc) is 3.47. The molecule has 0 saturated carbocycles. The van der Waals surface area contributed by atoms with E-state index in [-0.39, 0.29) is 12.7 Å². The lowest BCUT2D eigenvalue weighted by Gasteiger charge is -2.31. The van der Waals surface area contributed by atoms with Crippen molar-refractivity contribution < 1.29 is 9.84 Å². The van der Waals surface area contributed by atoms with Gasteiger partial charge in [0.2, 0.25) is 0 Å². The number of aliphatic hydroxyl groups is 1. The predicted octanol–water partition coefficient (Wildman–Crippen LogP) is 4.90. The lowest BCUT2D eigenvalue weighted by molar-refractivity contribution is 0.146. The maximum atomic E-state index is 9.15. The number of nitrogens with one attached hydrogen (secondary N) is 1. The van der Waals surface area contributed by atoms with Gasteiger partial charge in [0.1, 0.15) is 17.5 Å². The minimum atomic E-state index is -0.352. The molecule has 1 aromatic carbocycles. The number of rotatable bonds is 7. The SMILES string of the molecule is C[C@@H](Oc1ccc2[nH]nc(-c3cnn(C4CCN(CCO)CC4)c3)c2c1)c1c(Cl)cncc1Cl. The molecule has 1 fully saturated rings. The topological polar surface area (TPSA) is 92.1 Å². The zero-order valence-corrected chi connectivity index (χ0v) is 20.3. The highest BCUT2D eigenvalue weighted by molar-refractivity contribution is 6.35. The second-order valence-electron chi connectivity index (χ2n) is 8.56. The molecule has 10 heteroatoms. The first-order valence-electron chi connectivity index (χ1n) is 11.3. The summed E-state index contributed by atoms with van der Waals surface area (Å²) in [5, 5.41) is 23.3. The van der Waals surface area contributed by atoms with Crippen LogP contribution in [0.4, 0.5) is 0 Å². The minimum Gasteiger partial charge on any atom is -0.486 e. The van der Waals surface area contributed by atoms with Crippen molar-refractivity contribution in [3.8, 4) is 17.0 Å². The number of aromatic amines is 1. The quantitative estimate of drug-likeness (QED) is 0.375. The van der Waals surface area contributed by atoms with E-state index in [1.165, 1.54) is 0 Å². The summed E-state index contributed by atoms with van der Waals surface area (Å²) in [6.45, 7) is 4.78. The zero-order chi connectivity index (χ0) is 23.7. The minimum absolute atomic E-state index is 0.204. The van der Waals surface area contributed by atoms with Crippen LogP contribution >= 0.6 is 23.2 Å². The van der Waals surface area contributed by atoms with Gasteiger partial charge < -0.3 is 14.7 Å². The summed E-state index contributed by atoms with van der Waals surface area (Å²) in [5.74, 6) is 0.690. The molecule has 4 aromatic rings. The van der Waals surface area contributed by atoms with Crippen LogP contribution in [0.2, 0.25) is 10.0 Å². The second-order valence-corrected chi connectivity index (χ2v) is 9.38. The van der Waals surface area contributed by atoms with Gasteiger partial charge in [-0.2, -0.15) is 10.2 Å². The Hall–Kier alpha value is -2.65.